The number of ether oxygens (including phenoxy) is 4. The number of hydrogen-bond acceptors (Lipinski definition) is 9. The second kappa shape index (κ2) is 12.8. The molecule has 0 bridgehead atoms. The second-order valence-corrected chi connectivity index (χ2v) is 14.2. The first kappa shape index (κ1) is 32.3. The Hall–Kier alpha value is -4.88. The molecule has 262 valence electrons. The lowest BCUT2D eigenvalue weighted by molar-refractivity contribution is -0.137. The van der Waals surface area contributed by atoms with Gasteiger partial charge in [0.2, 0.25) is 5.91 Å². The predicted molar refractivity (Wildman–Crippen MR) is 184 cm³/mol. The number of benzene rings is 2. The molecule has 2 fully saturated rings. The minimum absolute atomic E-state index is 0.242. The quantitative estimate of drug-likeness (QED) is 0.195. The molecule has 6 atom stereocenters. The zero-order valence-corrected chi connectivity index (χ0v) is 29.0. The van der Waals surface area contributed by atoms with Crippen LogP contribution in [0.2, 0.25) is 0 Å². The van der Waals surface area contributed by atoms with Crippen LogP contribution in [0.25, 0.3) is 33.6 Å². The summed E-state index contributed by atoms with van der Waals surface area (Å²) in [4.78, 5) is 44.2. The normalized spacial score (nSPS) is 23.1. The van der Waals surface area contributed by atoms with Crippen LogP contribution in [0.15, 0.2) is 36.7 Å². The van der Waals surface area contributed by atoms with Gasteiger partial charge in [0.25, 0.3) is 0 Å². The molecule has 0 unspecified atom stereocenters. The largest absolute Gasteiger partial charge is 0.488 e. The molecule has 6 heterocycles. The van der Waals surface area contributed by atoms with Crippen LogP contribution < -0.4 is 20.1 Å². The van der Waals surface area contributed by atoms with Crippen LogP contribution in [0.1, 0.15) is 68.5 Å². The number of alkyl carbamates (subject to hydrolysis) is 1. The molecule has 50 heavy (non-hydrogen) atoms. The second-order valence-electron chi connectivity index (χ2n) is 14.2. The standard InChI is InChI=1S/C37H43N7O6/c1-18-6-25(38-12-18)34-39-13-26(41-34)21-8-23-16-50-30-11-22(9-24-17-49-29(10-21)31(23)32(24)30)27-14-40-35(42-27)28-7-19(2)15-44(28)36(45)33(20(3)47-4)43-37(46)48-5/h8-11,13-14,18-20,25,28,33,38H,6-7,12,15-17H2,1-5H3,(H,39,41)(H,40,42)(H,43,46)/t18-,19-,20+,25-,28-,33-/m0/s1. The maximum Gasteiger partial charge on any atom is 0.407 e. The molecule has 2 amide bonds. The van der Waals surface area contributed by atoms with Crippen LogP contribution >= 0.6 is 0 Å². The van der Waals surface area contributed by atoms with Crippen molar-refractivity contribution in [1.82, 2.24) is 35.5 Å². The zero-order chi connectivity index (χ0) is 34.7. The fourth-order valence-electron chi connectivity index (χ4n) is 7.85. The van der Waals surface area contributed by atoms with E-state index in [0.717, 1.165) is 81.5 Å². The number of likely N-dealkylation sites (tertiary alicyclic amines) is 1. The lowest BCUT2D eigenvalue weighted by Gasteiger charge is -2.30. The third-order valence-corrected chi connectivity index (χ3v) is 10.6. The fraction of sp³-hybridized carbons (Fsp3) is 0.459. The molecule has 0 aliphatic carbocycles. The van der Waals surface area contributed by atoms with Crippen LogP contribution in [0.5, 0.6) is 11.5 Å². The molecule has 13 nitrogen and oxygen atoms in total. The summed E-state index contributed by atoms with van der Waals surface area (Å²) in [5.74, 6) is 3.94. The van der Waals surface area contributed by atoms with Gasteiger partial charge in [-0.25, -0.2) is 14.8 Å². The number of carbonyl (C=O) groups excluding carboxylic acids is 2. The molecule has 8 rings (SSSR count). The monoisotopic (exact) mass is 681 g/mol. The van der Waals surface area contributed by atoms with E-state index in [1.807, 2.05) is 6.20 Å². The summed E-state index contributed by atoms with van der Waals surface area (Å²) < 4.78 is 23.0. The Morgan fingerprint density at radius 1 is 0.900 bits per heavy atom. The number of H-pyrrole nitrogens is 2. The number of aromatic nitrogens is 4. The van der Waals surface area contributed by atoms with Crippen molar-refractivity contribution in [2.45, 2.75) is 71.1 Å². The molecule has 2 aromatic carbocycles. The Morgan fingerprint density at radius 2 is 1.52 bits per heavy atom. The molecule has 4 aromatic rings. The molecule has 0 saturated carbocycles. The lowest BCUT2D eigenvalue weighted by atomic mass is 9.87. The summed E-state index contributed by atoms with van der Waals surface area (Å²) in [7, 11) is 2.78. The van der Waals surface area contributed by atoms with E-state index >= 15 is 0 Å². The smallest absolute Gasteiger partial charge is 0.407 e. The topological polar surface area (TPSA) is 156 Å². The Balaban J connectivity index is 1.06. The number of aromatic amines is 2. The molecular formula is C37H43N7O6. The van der Waals surface area contributed by atoms with Gasteiger partial charge in [-0.1, -0.05) is 13.8 Å². The van der Waals surface area contributed by atoms with Crippen molar-refractivity contribution < 1.29 is 28.5 Å². The van der Waals surface area contributed by atoms with E-state index in [1.54, 1.807) is 18.0 Å². The van der Waals surface area contributed by atoms with Crippen LogP contribution in [-0.4, -0.2) is 76.3 Å². The van der Waals surface area contributed by atoms with Crippen molar-refractivity contribution in [2.75, 3.05) is 27.3 Å². The molecule has 2 saturated heterocycles. The first-order chi connectivity index (χ1) is 24.2. The van der Waals surface area contributed by atoms with Gasteiger partial charge < -0.3 is 44.4 Å². The van der Waals surface area contributed by atoms with E-state index in [1.165, 1.54) is 14.2 Å². The highest BCUT2D eigenvalue weighted by atomic mass is 16.5. The SMILES string of the molecule is COC(=O)N[C@H](C(=O)N1C[C@@H](C)C[C@H]1c1ncc(-c2cc3c4c(c2)OCc2cc(-c5cnc([C@@H]6C[C@H](C)CN6)[nH]5)cc(c2-4)OC3)[nH]1)[C@@H](C)OC. The predicted octanol–water partition coefficient (Wildman–Crippen LogP) is 5.26. The fourth-order valence-corrected chi connectivity index (χ4v) is 7.85. The van der Waals surface area contributed by atoms with Gasteiger partial charge >= 0.3 is 6.09 Å². The summed E-state index contributed by atoms with van der Waals surface area (Å²) in [6.45, 7) is 8.47. The van der Waals surface area contributed by atoms with E-state index in [0.29, 0.717) is 31.5 Å². The highest BCUT2D eigenvalue weighted by Crippen LogP contribution is 2.51. The number of nitrogens with one attached hydrogen (secondary N) is 4. The Labute approximate surface area is 290 Å². The van der Waals surface area contributed by atoms with Gasteiger partial charge in [-0.15, -0.1) is 0 Å². The average Bonchev–Trinajstić information content (AvgIpc) is 3.95. The maximum absolute atomic E-state index is 13.8. The van der Waals surface area contributed by atoms with Gasteiger partial charge in [-0.05, 0) is 62.4 Å². The highest BCUT2D eigenvalue weighted by Gasteiger charge is 2.41. The summed E-state index contributed by atoms with van der Waals surface area (Å²) in [5, 5.41) is 6.20. The Bertz CT molecular complexity index is 1900. The minimum atomic E-state index is -0.903. The third kappa shape index (κ3) is 5.67. The number of amides is 2. The average molecular weight is 682 g/mol. The van der Waals surface area contributed by atoms with Crippen molar-refractivity contribution in [3.63, 3.8) is 0 Å². The van der Waals surface area contributed by atoms with E-state index in [2.05, 4.69) is 58.7 Å². The summed E-state index contributed by atoms with van der Waals surface area (Å²) in [6.07, 6.45) is 4.27. The number of nitrogens with zero attached hydrogens (tertiary/aromatic N) is 3. The zero-order valence-electron chi connectivity index (χ0n) is 29.0. The molecule has 4 N–H and O–H groups in total. The van der Waals surface area contributed by atoms with Crippen LogP contribution in [0.4, 0.5) is 4.79 Å². The third-order valence-electron chi connectivity index (χ3n) is 10.6. The Kier molecular flexibility index (Phi) is 8.26. The molecule has 4 aliphatic heterocycles. The van der Waals surface area contributed by atoms with Gasteiger partial charge in [-0.3, -0.25) is 4.79 Å². The van der Waals surface area contributed by atoms with Gasteiger partial charge in [0, 0.05) is 47.0 Å². The van der Waals surface area contributed by atoms with Gasteiger partial charge in [0.15, 0.2) is 0 Å². The first-order valence-corrected chi connectivity index (χ1v) is 17.3. The van der Waals surface area contributed by atoms with Crippen molar-refractivity contribution in [3.8, 4) is 45.1 Å². The molecule has 4 aliphatic rings. The van der Waals surface area contributed by atoms with Crippen molar-refractivity contribution in [1.29, 1.82) is 0 Å². The summed E-state index contributed by atoms with van der Waals surface area (Å²) >= 11 is 0. The van der Waals surface area contributed by atoms with Gasteiger partial charge in [0.1, 0.15) is 42.4 Å². The van der Waals surface area contributed by atoms with Crippen molar-refractivity contribution >= 4 is 12.0 Å². The number of hydrogen-bond donors (Lipinski definition) is 4. The number of imidazole rings is 2. The molecular weight excluding hydrogens is 638 g/mol. The van der Waals surface area contributed by atoms with Crippen LogP contribution in [0.3, 0.4) is 0 Å². The number of methoxy groups -OCH3 is 2. The first-order valence-electron chi connectivity index (χ1n) is 17.3. The maximum atomic E-state index is 13.8. The van der Waals surface area contributed by atoms with Gasteiger partial charge in [-0.2, -0.15) is 0 Å². The van der Waals surface area contributed by atoms with Crippen LogP contribution in [0, 0.1) is 11.8 Å². The molecule has 0 radical (unpaired) electrons. The van der Waals surface area contributed by atoms with E-state index in [-0.39, 0.29) is 23.9 Å². The van der Waals surface area contributed by atoms with Crippen LogP contribution in [-0.2, 0) is 27.5 Å². The number of carbonyl (C=O) groups is 2. The van der Waals surface area contributed by atoms with E-state index < -0.39 is 18.2 Å². The Morgan fingerprint density at radius 3 is 2.10 bits per heavy atom. The number of rotatable bonds is 8. The molecule has 13 heteroatoms. The van der Waals surface area contributed by atoms with Gasteiger partial charge in [0.05, 0.1) is 49.1 Å². The van der Waals surface area contributed by atoms with E-state index in [4.69, 9.17) is 28.9 Å². The molecule has 2 aromatic heterocycles. The summed E-state index contributed by atoms with van der Waals surface area (Å²) in [5.41, 5.74) is 7.99. The lowest BCUT2D eigenvalue weighted by Crippen LogP contribution is -2.54. The highest BCUT2D eigenvalue weighted by molar-refractivity contribution is 5.89. The van der Waals surface area contributed by atoms with E-state index in [9.17, 15) is 9.59 Å². The van der Waals surface area contributed by atoms with Crippen molar-refractivity contribution in [3.05, 3.63) is 59.4 Å². The molecule has 0 spiro atoms. The summed E-state index contributed by atoms with van der Waals surface area (Å²) in [6, 6.07) is 7.50. The minimum Gasteiger partial charge on any atom is -0.488 e. The van der Waals surface area contributed by atoms with Crippen molar-refractivity contribution in [2.24, 2.45) is 11.8 Å².